The Morgan fingerprint density at radius 3 is 2.06 bits per heavy atom. The van der Waals surface area contributed by atoms with Gasteiger partial charge in [-0.3, -0.25) is 14.2 Å². The van der Waals surface area contributed by atoms with E-state index in [9.17, 15) is 9.59 Å². The Labute approximate surface area is 223 Å². The van der Waals surface area contributed by atoms with Gasteiger partial charge in [0.05, 0.1) is 14.2 Å². The van der Waals surface area contributed by atoms with Gasteiger partial charge in [0.25, 0.3) is 5.56 Å². The van der Waals surface area contributed by atoms with Gasteiger partial charge < -0.3 is 14.4 Å². The second-order valence-corrected chi connectivity index (χ2v) is 8.15. The van der Waals surface area contributed by atoms with Crippen molar-refractivity contribution in [3.63, 3.8) is 0 Å². The highest BCUT2D eigenvalue weighted by Crippen LogP contribution is 2.29. The van der Waals surface area contributed by atoms with Crippen LogP contribution in [0.2, 0.25) is 0 Å². The molecule has 8 nitrogen and oxygen atoms in total. The van der Waals surface area contributed by atoms with E-state index < -0.39 is 0 Å². The van der Waals surface area contributed by atoms with Crippen molar-refractivity contribution in [2.45, 2.75) is 38.8 Å². The van der Waals surface area contributed by atoms with Crippen molar-refractivity contribution in [1.29, 1.82) is 0 Å². The van der Waals surface area contributed by atoms with E-state index in [1.165, 1.54) is 29.2 Å². The van der Waals surface area contributed by atoms with Gasteiger partial charge >= 0.3 is 0 Å². The topological polar surface area (TPSA) is 86.6 Å². The third-order valence-electron chi connectivity index (χ3n) is 5.32. The molecule has 1 saturated heterocycles. The van der Waals surface area contributed by atoms with Crippen LogP contribution in [0.25, 0.3) is 22.2 Å². The Morgan fingerprint density at radius 2 is 1.61 bits per heavy atom. The number of pyridine rings is 1. The van der Waals surface area contributed by atoms with Gasteiger partial charge in [-0.15, -0.1) is 0 Å². The number of amides is 1. The molecule has 2 aromatic heterocycles. The Hall–Kier alpha value is -2.98. The van der Waals surface area contributed by atoms with Crippen molar-refractivity contribution < 1.29 is 14.3 Å². The van der Waals surface area contributed by atoms with E-state index in [-0.39, 0.29) is 11.5 Å². The molecule has 1 amide bonds. The first kappa shape index (κ1) is 31.1. The molecule has 0 N–H and O–H groups in total. The molecule has 3 heterocycles. The lowest BCUT2D eigenvalue weighted by atomic mass is 10.1. The van der Waals surface area contributed by atoms with Gasteiger partial charge in [-0.2, -0.15) is 0 Å². The van der Waals surface area contributed by atoms with Gasteiger partial charge in [0, 0.05) is 50.3 Å². The SMILES string of the molecule is C=S.CC.CC(=O)N1CCCC1.COc1cc(OC)cc(-c2cc3cnc(SC)nc3n(C)c2=O)c1. The minimum Gasteiger partial charge on any atom is -0.497 e. The van der Waals surface area contributed by atoms with Gasteiger partial charge in [0.1, 0.15) is 17.1 Å². The molecular weight excluding hydrogens is 496 g/mol. The maximum Gasteiger partial charge on any atom is 0.259 e. The highest BCUT2D eigenvalue weighted by Gasteiger charge is 2.14. The van der Waals surface area contributed by atoms with Gasteiger partial charge in [-0.25, -0.2) is 9.97 Å². The number of benzene rings is 1. The Kier molecular flexibility index (Phi) is 13.7. The Bertz CT molecular complexity index is 1170. The fourth-order valence-electron chi connectivity index (χ4n) is 3.53. The molecule has 10 heteroatoms. The van der Waals surface area contributed by atoms with Crippen LogP contribution in [0.4, 0.5) is 0 Å². The van der Waals surface area contributed by atoms with Crippen LogP contribution in [0.3, 0.4) is 0 Å². The van der Waals surface area contributed by atoms with Crippen LogP contribution in [-0.2, 0) is 11.8 Å². The molecule has 4 rings (SSSR count). The minimum atomic E-state index is -0.136. The third kappa shape index (κ3) is 8.03. The lowest BCUT2D eigenvalue weighted by Gasteiger charge is -2.11. The number of carbonyl (C=O) groups excluding carboxylic acids is 1. The number of nitrogens with zero attached hydrogens (tertiary/aromatic N) is 4. The van der Waals surface area contributed by atoms with Crippen LogP contribution in [-0.4, -0.2) is 64.8 Å². The molecule has 0 bridgehead atoms. The Balaban J connectivity index is 0.000000452. The van der Waals surface area contributed by atoms with Crippen LogP contribution in [0.5, 0.6) is 11.5 Å². The predicted octanol–water partition coefficient (Wildman–Crippen LogP) is 5.01. The number of aryl methyl sites for hydroxylation is 1. The summed E-state index contributed by atoms with van der Waals surface area (Å²) in [6.45, 7) is 7.59. The standard InChI is InChI=1S/C17H17N3O3S.C6H11NO.C2H6.CH2S/c1-20-15-11(9-18-17(19-15)24-4)7-14(16(20)21)10-5-12(22-2)8-13(6-10)23-3;1-6(8)7-4-2-3-5-7;2*1-2/h5-9H,1-4H3;2-5H2,1H3;1-2H3;1H2. The highest BCUT2D eigenvalue weighted by atomic mass is 32.2. The number of hydrogen-bond acceptors (Lipinski definition) is 8. The molecule has 1 aromatic carbocycles. The number of thiocarbonyl (C=S) groups is 1. The van der Waals surface area contributed by atoms with Gasteiger partial charge in [0.15, 0.2) is 5.16 Å². The zero-order valence-electron chi connectivity index (χ0n) is 22.2. The zero-order chi connectivity index (χ0) is 27.3. The number of hydrogen-bond donors (Lipinski definition) is 0. The van der Waals surface area contributed by atoms with E-state index in [1.807, 2.05) is 37.1 Å². The molecular formula is C26H36N4O4S2. The number of methoxy groups -OCH3 is 2. The number of ether oxygens (including phenoxy) is 2. The third-order valence-corrected chi connectivity index (χ3v) is 5.88. The van der Waals surface area contributed by atoms with Crippen molar-refractivity contribution in [2.75, 3.05) is 33.6 Å². The first-order valence-corrected chi connectivity index (χ1v) is 13.4. The summed E-state index contributed by atoms with van der Waals surface area (Å²) in [5.74, 6) is 4.31. The quantitative estimate of drug-likeness (QED) is 0.263. The molecule has 36 heavy (non-hydrogen) atoms. The lowest BCUT2D eigenvalue weighted by Crippen LogP contribution is -2.24. The summed E-state index contributed by atoms with van der Waals surface area (Å²) in [6.07, 6.45) is 6.02. The monoisotopic (exact) mass is 532 g/mol. The number of rotatable bonds is 4. The normalized spacial score (nSPS) is 11.8. The molecule has 0 radical (unpaired) electrons. The van der Waals surface area contributed by atoms with E-state index in [0.29, 0.717) is 27.9 Å². The van der Waals surface area contributed by atoms with Crippen LogP contribution in [0.1, 0.15) is 33.6 Å². The molecule has 1 fully saturated rings. The maximum atomic E-state index is 12.8. The maximum absolute atomic E-state index is 12.8. The van der Waals surface area contributed by atoms with Crippen LogP contribution in [0, 0.1) is 0 Å². The van der Waals surface area contributed by atoms with Crippen molar-refractivity contribution in [2.24, 2.45) is 7.05 Å². The van der Waals surface area contributed by atoms with Crippen LogP contribution in [0.15, 0.2) is 40.4 Å². The smallest absolute Gasteiger partial charge is 0.259 e. The van der Waals surface area contributed by atoms with Crippen molar-refractivity contribution in [3.8, 4) is 22.6 Å². The largest absolute Gasteiger partial charge is 0.497 e. The van der Waals surface area contributed by atoms with E-state index in [2.05, 4.69) is 28.1 Å². The molecule has 1 aliphatic heterocycles. The summed E-state index contributed by atoms with van der Waals surface area (Å²) in [7, 11) is 4.87. The number of aromatic nitrogens is 3. The van der Waals surface area contributed by atoms with Gasteiger partial charge in [0.2, 0.25) is 5.91 Å². The highest BCUT2D eigenvalue weighted by molar-refractivity contribution is 7.98. The predicted molar refractivity (Wildman–Crippen MR) is 153 cm³/mol. The van der Waals surface area contributed by atoms with E-state index in [1.54, 1.807) is 46.5 Å². The minimum absolute atomic E-state index is 0.136. The second kappa shape index (κ2) is 15.9. The van der Waals surface area contributed by atoms with E-state index >= 15 is 0 Å². The molecule has 1 aliphatic rings. The molecule has 0 unspecified atom stereocenters. The average molecular weight is 533 g/mol. The van der Waals surface area contributed by atoms with E-state index in [4.69, 9.17) is 9.47 Å². The van der Waals surface area contributed by atoms with Crippen LogP contribution >= 0.6 is 24.0 Å². The van der Waals surface area contributed by atoms with Crippen LogP contribution < -0.4 is 15.0 Å². The van der Waals surface area contributed by atoms with Gasteiger partial charge in [-0.1, -0.05) is 37.8 Å². The zero-order valence-corrected chi connectivity index (χ0v) is 23.8. The molecule has 0 saturated carbocycles. The number of fused-ring (bicyclic) bond motifs is 1. The summed E-state index contributed by atoms with van der Waals surface area (Å²) in [4.78, 5) is 34.0. The lowest BCUT2D eigenvalue weighted by molar-refractivity contribution is -0.127. The summed E-state index contributed by atoms with van der Waals surface area (Å²) in [5, 5.41) is 1.43. The number of likely N-dealkylation sites (tertiary alicyclic amines) is 1. The van der Waals surface area contributed by atoms with Crippen molar-refractivity contribution in [3.05, 3.63) is 40.8 Å². The summed E-state index contributed by atoms with van der Waals surface area (Å²) in [6, 6.07) is 7.18. The fourth-order valence-corrected chi connectivity index (χ4v) is 3.87. The molecule has 0 aliphatic carbocycles. The van der Waals surface area contributed by atoms with Crippen molar-refractivity contribution in [1.82, 2.24) is 19.4 Å². The molecule has 3 aromatic rings. The molecule has 0 atom stereocenters. The summed E-state index contributed by atoms with van der Waals surface area (Å²) < 4.78 is 12.1. The number of carbonyl (C=O) groups is 1. The number of thioether (sulfide) groups is 1. The second-order valence-electron chi connectivity index (χ2n) is 7.37. The first-order chi connectivity index (χ1) is 17.4. The summed E-state index contributed by atoms with van der Waals surface area (Å²) in [5.41, 5.74) is 1.74. The average Bonchev–Trinajstić information content (AvgIpc) is 3.48. The van der Waals surface area contributed by atoms with Gasteiger partial charge in [-0.05, 0) is 48.7 Å². The van der Waals surface area contributed by atoms with Crippen molar-refractivity contribution >= 4 is 46.8 Å². The Morgan fingerprint density at radius 1 is 1.06 bits per heavy atom. The fraction of sp³-hybridized carbons (Fsp3) is 0.423. The van der Waals surface area contributed by atoms with E-state index in [0.717, 1.165) is 24.0 Å². The first-order valence-electron chi connectivity index (χ1n) is 11.6. The summed E-state index contributed by atoms with van der Waals surface area (Å²) >= 11 is 5.27. The molecule has 196 valence electrons. The molecule has 0 spiro atoms.